The van der Waals surface area contributed by atoms with E-state index in [0.29, 0.717) is 19.5 Å². The minimum absolute atomic E-state index is 0.0584. The topological polar surface area (TPSA) is 66.8 Å². The minimum Gasteiger partial charge on any atom is -0.444 e. The van der Waals surface area contributed by atoms with Gasteiger partial charge in [0.1, 0.15) is 11.6 Å². The second-order valence-electron chi connectivity index (χ2n) is 8.81. The number of nitrogens with one attached hydrogen (secondary N) is 1. The fourth-order valence-electron chi connectivity index (χ4n) is 3.71. The lowest BCUT2D eigenvalue weighted by molar-refractivity contribution is -0.135. The molecule has 7 heteroatoms. The van der Waals surface area contributed by atoms with Crippen molar-refractivity contribution in [2.24, 2.45) is 7.05 Å². The van der Waals surface area contributed by atoms with Gasteiger partial charge >= 0.3 is 6.09 Å². The summed E-state index contributed by atoms with van der Waals surface area (Å²) in [7, 11) is 4.04. The van der Waals surface area contributed by atoms with Gasteiger partial charge in [-0.05, 0) is 39.4 Å². The van der Waals surface area contributed by atoms with Crippen molar-refractivity contribution < 1.29 is 14.3 Å². The molecule has 7 nitrogen and oxygen atoms in total. The zero-order chi connectivity index (χ0) is 21.2. The SMILES string of the molecule is CN1CCN(C(=O)[C@@H](Cc2cn(C)c3ccccc23)NC(=O)OC(C)(C)C)CC1. The van der Waals surface area contributed by atoms with Crippen LogP contribution in [0, 0.1) is 0 Å². The van der Waals surface area contributed by atoms with Crippen LogP contribution in [0.2, 0.25) is 0 Å². The lowest BCUT2D eigenvalue weighted by Crippen LogP contribution is -2.55. The first-order valence-electron chi connectivity index (χ1n) is 10.1. The molecule has 2 aromatic rings. The van der Waals surface area contributed by atoms with Crippen molar-refractivity contribution in [3.05, 3.63) is 36.0 Å². The number of ether oxygens (including phenoxy) is 1. The summed E-state index contributed by atoms with van der Waals surface area (Å²) in [5, 5.41) is 3.92. The molecule has 1 aromatic carbocycles. The molecule has 0 radical (unpaired) electrons. The molecule has 2 amide bonds. The van der Waals surface area contributed by atoms with E-state index in [1.54, 1.807) is 0 Å². The van der Waals surface area contributed by atoms with Crippen molar-refractivity contribution in [1.29, 1.82) is 0 Å². The number of rotatable bonds is 4. The van der Waals surface area contributed by atoms with E-state index in [0.717, 1.165) is 29.6 Å². The van der Waals surface area contributed by atoms with Crippen molar-refractivity contribution in [1.82, 2.24) is 19.7 Å². The number of benzene rings is 1. The molecule has 1 atom stereocenters. The Morgan fingerprint density at radius 1 is 1.10 bits per heavy atom. The van der Waals surface area contributed by atoms with Gasteiger partial charge in [0.15, 0.2) is 0 Å². The van der Waals surface area contributed by atoms with E-state index >= 15 is 0 Å². The van der Waals surface area contributed by atoms with Gasteiger partial charge in [-0.3, -0.25) is 4.79 Å². The molecular formula is C22H32N4O3. The van der Waals surface area contributed by atoms with Gasteiger partial charge in [-0.25, -0.2) is 4.79 Å². The number of piperazine rings is 1. The molecule has 0 unspecified atom stereocenters. The highest BCUT2D eigenvalue weighted by atomic mass is 16.6. The van der Waals surface area contributed by atoms with Crippen LogP contribution in [0.1, 0.15) is 26.3 Å². The number of fused-ring (bicyclic) bond motifs is 1. The number of aryl methyl sites for hydroxylation is 1. The van der Waals surface area contributed by atoms with Gasteiger partial charge < -0.3 is 24.4 Å². The van der Waals surface area contributed by atoms with Crippen molar-refractivity contribution in [3.8, 4) is 0 Å². The molecule has 0 bridgehead atoms. The van der Waals surface area contributed by atoms with E-state index < -0.39 is 17.7 Å². The number of hydrogen-bond acceptors (Lipinski definition) is 4. The molecule has 1 aromatic heterocycles. The Hall–Kier alpha value is -2.54. The van der Waals surface area contributed by atoms with Gasteiger partial charge in [0, 0.05) is 56.7 Å². The molecule has 0 spiro atoms. The molecule has 2 heterocycles. The number of aromatic nitrogens is 1. The molecule has 3 rings (SSSR count). The van der Waals surface area contributed by atoms with Crippen LogP contribution in [0.4, 0.5) is 4.79 Å². The molecular weight excluding hydrogens is 368 g/mol. The maximum absolute atomic E-state index is 13.3. The quantitative estimate of drug-likeness (QED) is 0.856. The summed E-state index contributed by atoms with van der Waals surface area (Å²) >= 11 is 0. The normalized spacial score (nSPS) is 16.7. The van der Waals surface area contributed by atoms with Gasteiger partial charge in [0.05, 0.1) is 0 Å². The summed E-state index contributed by atoms with van der Waals surface area (Å²) < 4.78 is 7.47. The van der Waals surface area contributed by atoms with Crippen molar-refractivity contribution in [3.63, 3.8) is 0 Å². The summed E-state index contributed by atoms with van der Waals surface area (Å²) in [5.74, 6) is -0.0584. The third-order valence-corrected chi connectivity index (χ3v) is 5.21. The van der Waals surface area contributed by atoms with Crippen LogP contribution >= 0.6 is 0 Å². The zero-order valence-electron chi connectivity index (χ0n) is 18.1. The predicted molar refractivity (Wildman–Crippen MR) is 114 cm³/mol. The third kappa shape index (κ3) is 5.29. The third-order valence-electron chi connectivity index (χ3n) is 5.21. The number of likely N-dealkylation sites (N-methyl/N-ethyl adjacent to an activating group) is 1. The number of carbonyl (C=O) groups excluding carboxylic acids is 2. The standard InChI is InChI=1S/C22H32N4O3/c1-22(2,3)29-21(28)23-18(20(27)26-12-10-24(4)11-13-26)14-16-15-25(5)19-9-7-6-8-17(16)19/h6-9,15,18H,10-14H2,1-5H3,(H,23,28)/t18-/m1/s1. The molecule has 1 N–H and O–H groups in total. The van der Waals surface area contributed by atoms with E-state index in [9.17, 15) is 9.59 Å². The van der Waals surface area contributed by atoms with Crippen molar-refractivity contribution in [2.45, 2.75) is 38.8 Å². The van der Waals surface area contributed by atoms with E-state index in [1.165, 1.54) is 0 Å². The summed E-state index contributed by atoms with van der Waals surface area (Å²) in [6.07, 6.45) is 1.89. The first kappa shape index (κ1) is 21.2. The molecule has 0 aliphatic carbocycles. The van der Waals surface area contributed by atoms with Gasteiger partial charge in [-0.2, -0.15) is 0 Å². The molecule has 0 saturated carbocycles. The Labute approximate surface area is 172 Å². The van der Waals surface area contributed by atoms with Gasteiger partial charge in [-0.15, -0.1) is 0 Å². The van der Waals surface area contributed by atoms with Crippen LogP contribution in [0.15, 0.2) is 30.5 Å². The Balaban J connectivity index is 1.83. The number of alkyl carbamates (subject to hydrolysis) is 1. The summed E-state index contributed by atoms with van der Waals surface area (Å²) in [6, 6.07) is 7.43. The maximum Gasteiger partial charge on any atom is 0.408 e. The Morgan fingerprint density at radius 2 is 1.76 bits per heavy atom. The highest BCUT2D eigenvalue weighted by Crippen LogP contribution is 2.22. The number of para-hydroxylation sites is 1. The van der Waals surface area contributed by atoms with E-state index in [-0.39, 0.29) is 5.91 Å². The molecule has 158 valence electrons. The Bertz CT molecular complexity index is 876. The summed E-state index contributed by atoms with van der Waals surface area (Å²) in [4.78, 5) is 29.8. The molecule has 29 heavy (non-hydrogen) atoms. The number of nitrogens with zero attached hydrogens (tertiary/aromatic N) is 3. The second-order valence-corrected chi connectivity index (χ2v) is 8.81. The van der Waals surface area contributed by atoms with Crippen LogP contribution in [-0.2, 0) is 23.0 Å². The average Bonchev–Trinajstić information content (AvgIpc) is 2.96. The molecule has 1 saturated heterocycles. The van der Waals surface area contributed by atoms with Gasteiger partial charge in [0.2, 0.25) is 5.91 Å². The Morgan fingerprint density at radius 3 is 2.41 bits per heavy atom. The number of amides is 2. The zero-order valence-corrected chi connectivity index (χ0v) is 18.1. The highest BCUT2D eigenvalue weighted by molar-refractivity contribution is 5.88. The van der Waals surface area contributed by atoms with Crippen LogP contribution in [0.3, 0.4) is 0 Å². The van der Waals surface area contributed by atoms with E-state index in [4.69, 9.17) is 4.74 Å². The van der Waals surface area contributed by atoms with E-state index in [1.807, 2.05) is 58.1 Å². The van der Waals surface area contributed by atoms with Crippen molar-refractivity contribution >= 4 is 22.9 Å². The largest absolute Gasteiger partial charge is 0.444 e. The molecule has 1 aliphatic rings. The fourth-order valence-corrected chi connectivity index (χ4v) is 3.71. The van der Waals surface area contributed by atoms with Crippen LogP contribution < -0.4 is 5.32 Å². The van der Waals surface area contributed by atoms with Gasteiger partial charge in [-0.1, -0.05) is 18.2 Å². The predicted octanol–water partition coefficient (Wildman–Crippen LogP) is 2.39. The smallest absolute Gasteiger partial charge is 0.408 e. The fraction of sp³-hybridized carbons (Fsp3) is 0.545. The summed E-state index contributed by atoms with van der Waals surface area (Å²) in [6.45, 7) is 8.44. The van der Waals surface area contributed by atoms with Crippen LogP contribution in [-0.4, -0.2) is 71.2 Å². The van der Waals surface area contributed by atoms with Gasteiger partial charge in [0.25, 0.3) is 0 Å². The summed E-state index contributed by atoms with van der Waals surface area (Å²) in [5.41, 5.74) is 1.52. The second kappa shape index (κ2) is 8.45. The highest BCUT2D eigenvalue weighted by Gasteiger charge is 2.30. The average molecular weight is 401 g/mol. The molecule has 1 fully saturated rings. The monoisotopic (exact) mass is 400 g/mol. The first-order chi connectivity index (χ1) is 13.6. The van der Waals surface area contributed by atoms with E-state index in [2.05, 4.69) is 26.9 Å². The molecule has 1 aliphatic heterocycles. The van der Waals surface area contributed by atoms with Crippen LogP contribution in [0.25, 0.3) is 10.9 Å². The number of carbonyl (C=O) groups is 2. The first-order valence-corrected chi connectivity index (χ1v) is 10.1. The minimum atomic E-state index is -0.668. The maximum atomic E-state index is 13.3. The van der Waals surface area contributed by atoms with Crippen molar-refractivity contribution in [2.75, 3.05) is 33.2 Å². The Kier molecular flexibility index (Phi) is 6.17. The lowest BCUT2D eigenvalue weighted by atomic mass is 10.0. The van der Waals surface area contributed by atoms with Crippen LogP contribution in [0.5, 0.6) is 0 Å². The number of hydrogen-bond donors (Lipinski definition) is 1. The lowest BCUT2D eigenvalue weighted by Gasteiger charge is -2.35.